The number of aryl methyl sites for hydroxylation is 1. The molecule has 110 valence electrons. The van der Waals surface area contributed by atoms with Crippen LogP contribution in [0.4, 0.5) is 5.69 Å². The van der Waals surface area contributed by atoms with Gasteiger partial charge >= 0.3 is 0 Å². The number of nitrogens with one attached hydrogen (secondary N) is 1. The molecule has 0 spiro atoms. The predicted octanol–water partition coefficient (Wildman–Crippen LogP) is 3.68. The Hall–Kier alpha value is -1.35. The summed E-state index contributed by atoms with van der Waals surface area (Å²) in [5, 5.41) is 13.3. The Morgan fingerprint density at radius 1 is 1.30 bits per heavy atom. The fraction of sp³-hybridized carbons (Fsp3) is 0.588. The van der Waals surface area contributed by atoms with Crippen molar-refractivity contribution in [2.75, 3.05) is 5.32 Å². The smallest absolute Gasteiger partial charge is 0.224 e. The normalized spacial score (nSPS) is 18.1. The van der Waals surface area contributed by atoms with Crippen LogP contribution in [0.15, 0.2) is 18.2 Å². The lowest BCUT2D eigenvalue weighted by Gasteiger charge is -2.29. The number of benzene rings is 1. The average molecular weight is 275 g/mol. The van der Waals surface area contributed by atoms with Gasteiger partial charge in [0.1, 0.15) is 0 Å². The Labute approximate surface area is 121 Å². The number of carbonyl (C=O) groups excluding carboxylic acids is 1. The topological polar surface area (TPSA) is 49.3 Å². The van der Waals surface area contributed by atoms with Crippen LogP contribution in [-0.2, 0) is 11.2 Å². The maximum Gasteiger partial charge on any atom is 0.224 e. The summed E-state index contributed by atoms with van der Waals surface area (Å²) in [5.74, 6) is 0.514. The van der Waals surface area contributed by atoms with Gasteiger partial charge in [0.05, 0.1) is 6.10 Å². The number of hydrogen-bond donors (Lipinski definition) is 2. The van der Waals surface area contributed by atoms with Crippen molar-refractivity contribution in [3.05, 3.63) is 29.3 Å². The van der Waals surface area contributed by atoms with Crippen molar-refractivity contribution in [3.8, 4) is 0 Å². The predicted molar refractivity (Wildman–Crippen MR) is 81.6 cm³/mol. The molecule has 1 aromatic carbocycles. The highest BCUT2D eigenvalue weighted by molar-refractivity contribution is 5.93. The number of aliphatic hydroxyl groups is 1. The summed E-state index contributed by atoms with van der Waals surface area (Å²) in [7, 11) is 0. The molecule has 1 heterocycles. The number of fused-ring (bicyclic) bond motifs is 1. The highest BCUT2D eigenvalue weighted by Crippen LogP contribution is 2.34. The number of carbonyl (C=O) groups is 1. The lowest BCUT2D eigenvalue weighted by molar-refractivity contribution is -0.116. The van der Waals surface area contributed by atoms with Crippen molar-refractivity contribution in [2.24, 2.45) is 11.3 Å². The second kappa shape index (κ2) is 5.57. The Bertz CT molecular complexity index is 502. The van der Waals surface area contributed by atoms with Gasteiger partial charge in [0.15, 0.2) is 0 Å². The maximum absolute atomic E-state index is 11.3. The SMILES string of the molecule is CC(CC(O)c1ccc2c(c1)CCC(=O)N2)C(C)(C)C. The van der Waals surface area contributed by atoms with Crippen molar-refractivity contribution in [3.63, 3.8) is 0 Å². The number of hydrogen-bond acceptors (Lipinski definition) is 2. The van der Waals surface area contributed by atoms with Crippen molar-refractivity contribution < 1.29 is 9.90 Å². The second-order valence-electron chi connectivity index (χ2n) is 6.98. The molecule has 0 aliphatic carbocycles. The zero-order chi connectivity index (χ0) is 14.9. The molecule has 1 aromatic rings. The number of amides is 1. The molecule has 0 bridgehead atoms. The molecule has 0 radical (unpaired) electrons. The molecule has 20 heavy (non-hydrogen) atoms. The van der Waals surface area contributed by atoms with E-state index in [4.69, 9.17) is 0 Å². The van der Waals surface area contributed by atoms with E-state index in [-0.39, 0.29) is 11.3 Å². The molecular formula is C17H25NO2. The third-order valence-electron chi connectivity index (χ3n) is 4.46. The van der Waals surface area contributed by atoms with E-state index in [2.05, 4.69) is 33.0 Å². The van der Waals surface area contributed by atoms with E-state index >= 15 is 0 Å². The molecule has 0 saturated carbocycles. The minimum absolute atomic E-state index is 0.0761. The maximum atomic E-state index is 11.3. The van der Waals surface area contributed by atoms with Crippen LogP contribution < -0.4 is 5.32 Å². The molecule has 0 saturated heterocycles. The minimum atomic E-state index is -0.438. The van der Waals surface area contributed by atoms with Gasteiger partial charge < -0.3 is 10.4 Å². The van der Waals surface area contributed by atoms with E-state index in [1.54, 1.807) is 0 Å². The quantitative estimate of drug-likeness (QED) is 0.884. The van der Waals surface area contributed by atoms with Crippen molar-refractivity contribution in [1.82, 2.24) is 0 Å². The van der Waals surface area contributed by atoms with Gasteiger partial charge in [-0.1, -0.05) is 39.8 Å². The number of anilines is 1. The first-order valence-electron chi connectivity index (χ1n) is 7.38. The van der Waals surface area contributed by atoms with Gasteiger partial charge in [-0.05, 0) is 41.4 Å². The monoisotopic (exact) mass is 275 g/mol. The average Bonchev–Trinajstić information content (AvgIpc) is 2.36. The molecule has 0 fully saturated rings. The second-order valence-corrected chi connectivity index (χ2v) is 6.98. The standard InChI is InChI=1S/C17H25NO2/c1-11(17(2,3)4)9-15(19)13-5-7-14-12(10-13)6-8-16(20)18-14/h5,7,10-11,15,19H,6,8-9H2,1-4H3,(H,18,20). The van der Waals surface area contributed by atoms with Gasteiger partial charge in [0.2, 0.25) is 5.91 Å². The van der Waals surface area contributed by atoms with Crippen LogP contribution in [0.3, 0.4) is 0 Å². The summed E-state index contributed by atoms with van der Waals surface area (Å²) < 4.78 is 0. The number of aliphatic hydroxyl groups excluding tert-OH is 1. The van der Waals surface area contributed by atoms with Crippen LogP contribution >= 0.6 is 0 Å². The van der Waals surface area contributed by atoms with Crippen molar-refractivity contribution >= 4 is 11.6 Å². The van der Waals surface area contributed by atoms with E-state index in [1.165, 1.54) is 0 Å². The first kappa shape index (κ1) is 15.0. The summed E-state index contributed by atoms with van der Waals surface area (Å²) in [4.78, 5) is 11.3. The lowest BCUT2D eigenvalue weighted by Crippen LogP contribution is -2.21. The zero-order valence-electron chi connectivity index (χ0n) is 12.9. The van der Waals surface area contributed by atoms with E-state index in [1.807, 2.05) is 18.2 Å². The van der Waals surface area contributed by atoms with Gasteiger partial charge in [-0.2, -0.15) is 0 Å². The van der Waals surface area contributed by atoms with Crippen LogP contribution in [0.5, 0.6) is 0 Å². The van der Waals surface area contributed by atoms with E-state index in [0.717, 1.165) is 29.7 Å². The Morgan fingerprint density at radius 3 is 2.65 bits per heavy atom. The largest absolute Gasteiger partial charge is 0.388 e. The van der Waals surface area contributed by atoms with Crippen LogP contribution in [-0.4, -0.2) is 11.0 Å². The fourth-order valence-electron chi connectivity index (χ4n) is 2.44. The van der Waals surface area contributed by atoms with Gasteiger partial charge in [-0.25, -0.2) is 0 Å². The first-order valence-corrected chi connectivity index (χ1v) is 7.38. The zero-order valence-corrected chi connectivity index (χ0v) is 12.9. The van der Waals surface area contributed by atoms with Crippen LogP contribution in [0.25, 0.3) is 0 Å². The third-order valence-corrected chi connectivity index (χ3v) is 4.46. The minimum Gasteiger partial charge on any atom is -0.388 e. The van der Waals surface area contributed by atoms with E-state index in [0.29, 0.717) is 12.3 Å². The Morgan fingerprint density at radius 2 is 2.00 bits per heavy atom. The Kier molecular flexibility index (Phi) is 4.19. The molecule has 1 aliphatic heterocycles. The molecule has 2 N–H and O–H groups in total. The molecule has 1 amide bonds. The van der Waals surface area contributed by atoms with Gasteiger partial charge in [-0.15, -0.1) is 0 Å². The van der Waals surface area contributed by atoms with E-state index < -0.39 is 6.10 Å². The van der Waals surface area contributed by atoms with Gasteiger partial charge in [0, 0.05) is 12.1 Å². The van der Waals surface area contributed by atoms with E-state index in [9.17, 15) is 9.90 Å². The Balaban J connectivity index is 2.12. The summed E-state index contributed by atoms with van der Waals surface area (Å²) in [6.07, 6.45) is 1.61. The molecule has 3 nitrogen and oxygen atoms in total. The van der Waals surface area contributed by atoms with Gasteiger partial charge in [0.25, 0.3) is 0 Å². The van der Waals surface area contributed by atoms with Crippen molar-refractivity contribution in [2.45, 2.75) is 53.1 Å². The number of rotatable bonds is 3. The molecule has 2 unspecified atom stereocenters. The summed E-state index contributed by atoms with van der Waals surface area (Å²) in [6.45, 7) is 8.79. The molecule has 1 aliphatic rings. The molecule has 0 aromatic heterocycles. The molecule has 2 rings (SSSR count). The van der Waals surface area contributed by atoms with Gasteiger partial charge in [-0.3, -0.25) is 4.79 Å². The highest BCUT2D eigenvalue weighted by atomic mass is 16.3. The van der Waals surface area contributed by atoms with Crippen LogP contribution in [0.1, 0.15) is 57.8 Å². The van der Waals surface area contributed by atoms with Crippen LogP contribution in [0, 0.1) is 11.3 Å². The summed E-state index contributed by atoms with van der Waals surface area (Å²) in [5.41, 5.74) is 3.17. The molecular weight excluding hydrogens is 250 g/mol. The fourth-order valence-corrected chi connectivity index (χ4v) is 2.44. The lowest BCUT2D eigenvalue weighted by atomic mass is 9.78. The first-order chi connectivity index (χ1) is 9.27. The summed E-state index contributed by atoms with van der Waals surface area (Å²) >= 11 is 0. The summed E-state index contributed by atoms with van der Waals surface area (Å²) in [6, 6.07) is 5.87. The van der Waals surface area contributed by atoms with Crippen LogP contribution in [0.2, 0.25) is 0 Å². The molecule has 2 atom stereocenters. The molecule has 3 heteroatoms. The van der Waals surface area contributed by atoms with Crippen molar-refractivity contribution in [1.29, 1.82) is 0 Å². The third kappa shape index (κ3) is 3.40. The highest BCUT2D eigenvalue weighted by Gasteiger charge is 2.24.